The highest BCUT2D eigenvalue weighted by molar-refractivity contribution is 9.10. The second kappa shape index (κ2) is 9.27. The fourth-order valence-electron chi connectivity index (χ4n) is 3.29. The Hall–Kier alpha value is -3.32. The molecule has 0 aliphatic carbocycles. The summed E-state index contributed by atoms with van der Waals surface area (Å²) in [5.41, 5.74) is 1.30. The monoisotopic (exact) mass is 507 g/mol. The third-order valence-corrected chi connectivity index (χ3v) is 5.53. The van der Waals surface area contributed by atoms with Gasteiger partial charge in [0.15, 0.2) is 0 Å². The molecule has 0 aliphatic rings. The molecule has 4 rings (SSSR count). The number of ether oxygens (including phenoxy) is 1. The van der Waals surface area contributed by atoms with Crippen molar-refractivity contribution in [3.63, 3.8) is 0 Å². The molecule has 168 valence electrons. The molecule has 0 fully saturated rings. The minimum Gasteiger partial charge on any atom is -0.489 e. The van der Waals surface area contributed by atoms with Gasteiger partial charge in [0.25, 0.3) is 5.56 Å². The van der Waals surface area contributed by atoms with Gasteiger partial charge in [-0.25, -0.2) is 9.37 Å². The van der Waals surface area contributed by atoms with E-state index in [9.17, 15) is 9.18 Å². The van der Waals surface area contributed by atoms with Crippen LogP contribution in [-0.2, 0) is 12.0 Å². The van der Waals surface area contributed by atoms with E-state index in [-0.39, 0.29) is 23.4 Å². The van der Waals surface area contributed by atoms with Crippen molar-refractivity contribution < 1.29 is 9.13 Å². The predicted octanol–water partition coefficient (Wildman–Crippen LogP) is 6.06. The van der Waals surface area contributed by atoms with Gasteiger partial charge in [0, 0.05) is 15.5 Å². The lowest BCUT2D eigenvalue weighted by Crippen LogP contribution is -2.29. The lowest BCUT2D eigenvalue weighted by atomic mass is 9.95. The van der Waals surface area contributed by atoms with Crippen LogP contribution in [0.4, 0.5) is 4.39 Å². The maximum absolute atomic E-state index is 13.8. The zero-order valence-electron chi connectivity index (χ0n) is 18.5. The Morgan fingerprint density at radius 3 is 2.52 bits per heavy atom. The molecule has 0 atom stereocenters. The van der Waals surface area contributed by atoms with Gasteiger partial charge in [-0.2, -0.15) is 9.78 Å². The zero-order valence-corrected chi connectivity index (χ0v) is 20.1. The van der Waals surface area contributed by atoms with E-state index in [0.717, 1.165) is 10.0 Å². The lowest BCUT2D eigenvalue weighted by Gasteiger charge is -2.20. The number of aromatic nitrogens is 2. The van der Waals surface area contributed by atoms with Gasteiger partial charge in [-0.3, -0.25) is 4.79 Å². The summed E-state index contributed by atoms with van der Waals surface area (Å²) in [5, 5.41) is 4.96. The summed E-state index contributed by atoms with van der Waals surface area (Å²) >= 11 is 3.42. The van der Waals surface area contributed by atoms with Gasteiger partial charge in [0.05, 0.1) is 17.1 Å². The van der Waals surface area contributed by atoms with Crippen LogP contribution in [0.5, 0.6) is 5.75 Å². The standard InChI is InChI=1S/C26H23BrFN3O2/c1-26(2,3)25-30-23-13-10-19(27)14-21(23)24(32)31(25)29-15-17-8-11-20(12-9-17)33-16-18-6-4-5-7-22(18)28/h4-15H,16H2,1-3H3. The van der Waals surface area contributed by atoms with Gasteiger partial charge in [0.1, 0.15) is 24.0 Å². The third kappa shape index (κ3) is 5.20. The van der Waals surface area contributed by atoms with Gasteiger partial charge in [-0.1, -0.05) is 54.9 Å². The first kappa shape index (κ1) is 22.9. The van der Waals surface area contributed by atoms with Crippen molar-refractivity contribution in [1.29, 1.82) is 0 Å². The second-order valence-corrected chi connectivity index (χ2v) is 9.57. The molecule has 0 amide bonds. The van der Waals surface area contributed by atoms with Crippen molar-refractivity contribution in [3.05, 3.63) is 104 Å². The number of benzene rings is 3. The Balaban J connectivity index is 1.61. The van der Waals surface area contributed by atoms with E-state index < -0.39 is 0 Å². The Bertz CT molecular complexity index is 1390. The molecule has 7 heteroatoms. The Morgan fingerprint density at radius 1 is 1.09 bits per heavy atom. The molecule has 0 spiro atoms. The molecule has 5 nitrogen and oxygen atoms in total. The van der Waals surface area contributed by atoms with E-state index in [4.69, 9.17) is 9.72 Å². The molecule has 0 N–H and O–H groups in total. The van der Waals surface area contributed by atoms with Crippen LogP contribution in [0, 0.1) is 5.82 Å². The van der Waals surface area contributed by atoms with Crippen molar-refractivity contribution in [1.82, 2.24) is 9.66 Å². The zero-order chi connectivity index (χ0) is 23.6. The first-order valence-corrected chi connectivity index (χ1v) is 11.2. The maximum atomic E-state index is 13.8. The first-order valence-electron chi connectivity index (χ1n) is 10.5. The predicted molar refractivity (Wildman–Crippen MR) is 133 cm³/mol. The summed E-state index contributed by atoms with van der Waals surface area (Å²) < 4.78 is 21.6. The van der Waals surface area contributed by atoms with Crippen molar-refractivity contribution in [3.8, 4) is 5.75 Å². The smallest absolute Gasteiger partial charge is 0.282 e. The van der Waals surface area contributed by atoms with Gasteiger partial charge >= 0.3 is 0 Å². The molecule has 0 aliphatic heterocycles. The molecule has 0 saturated carbocycles. The van der Waals surface area contributed by atoms with Gasteiger partial charge in [-0.15, -0.1) is 0 Å². The average Bonchev–Trinajstić information content (AvgIpc) is 2.78. The van der Waals surface area contributed by atoms with Crippen LogP contribution in [0.1, 0.15) is 37.7 Å². The first-order chi connectivity index (χ1) is 15.7. The Kier molecular flexibility index (Phi) is 6.42. The summed E-state index contributed by atoms with van der Waals surface area (Å²) in [4.78, 5) is 17.9. The quantitative estimate of drug-likeness (QED) is 0.308. The fourth-order valence-corrected chi connectivity index (χ4v) is 3.65. The molecular formula is C26H23BrFN3O2. The van der Waals surface area contributed by atoms with E-state index >= 15 is 0 Å². The number of hydrogen-bond donors (Lipinski definition) is 0. The molecule has 3 aromatic carbocycles. The SMILES string of the molecule is CC(C)(C)c1nc2ccc(Br)cc2c(=O)n1N=Cc1ccc(OCc2ccccc2F)cc1. The number of fused-ring (bicyclic) bond motifs is 1. The highest BCUT2D eigenvalue weighted by atomic mass is 79.9. The van der Waals surface area contributed by atoms with Crippen LogP contribution in [-0.4, -0.2) is 15.9 Å². The highest BCUT2D eigenvalue weighted by Crippen LogP contribution is 2.23. The molecular weight excluding hydrogens is 485 g/mol. The van der Waals surface area contributed by atoms with Crippen molar-refractivity contribution in [2.24, 2.45) is 5.10 Å². The summed E-state index contributed by atoms with van der Waals surface area (Å²) in [7, 11) is 0. The Morgan fingerprint density at radius 2 is 1.82 bits per heavy atom. The Labute approximate surface area is 199 Å². The van der Waals surface area contributed by atoms with E-state index in [1.807, 2.05) is 45.0 Å². The van der Waals surface area contributed by atoms with Crippen LogP contribution >= 0.6 is 15.9 Å². The molecule has 1 heterocycles. The minimum atomic E-state index is -0.387. The van der Waals surface area contributed by atoms with Crippen LogP contribution in [0.3, 0.4) is 0 Å². The fraction of sp³-hybridized carbons (Fsp3) is 0.192. The van der Waals surface area contributed by atoms with Crippen LogP contribution < -0.4 is 10.3 Å². The number of rotatable bonds is 5. The third-order valence-electron chi connectivity index (χ3n) is 5.03. The molecule has 4 aromatic rings. The maximum Gasteiger partial charge on any atom is 0.282 e. The van der Waals surface area contributed by atoms with E-state index in [1.54, 1.807) is 42.6 Å². The summed E-state index contributed by atoms with van der Waals surface area (Å²) in [6.07, 6.45) is 1.61. The molecule has 0 saturated heterocycles. The van der Waals surface area contributed by atoms with Crippen LogP contribution in [0.25, 0.3) is 10.9 Å². The number of nitrogens with zero attached hydrogens (tertiary/aromatic N) is 3. The second-order valence-electron chi connectivity index (χ2n) is 8.66. The van der Waals surface area contributed by atoms with E-state index in [0.29, 0.717) is 28.0 Å². The average molecular weight is 508 g/mol. The van der Waals surface area contributed by atoms with Gasteiger partial charge in [0.2, 0.25) is 0 Å². The van der Waals surface area contributed by atoms with Gasteiger partial charge < -0.3 is 4.74 Å². The van der Waals surface area contributed by atoms with E-state index in [1.165, 1.54) is 10.7 Å². The topological polar surface area (TPSA) is 56.5 Å². The highest BCUT2D eigenvalue weighted by Gasteiger charge is 2.22. The molecule has 0 radical (unpaired) electrons. The van der Waals surface area contributed by atoms with Gasteiger partial charge in [-0.05, 0) is 54.1 Å². The molecule has 33 heavy (non-hydrogen) atoms. The molecule has 0 bridgehead atoms. The number of hydrogen-bond acceptors (Lipinski definition) is 4. The molecule has 1 aromatic heterocycles. The van der Waals surface area contributed by atoms with Crippen LogP contribution in [0.2, 0.25) is 0 Å². The van der Waals surface area contributed by atoms with Crippen molar-refractivity contribution in [2.75, 3.05) is 0 Å². The summed E-state index contributed by atoms with van der Waals surface area (Å²) in [5.74, 6) is 0.890. The van der Waals surface area contributed by atoms with E-state index in [2.05, 4.69) is 21.0 Å². The van der Waals surface area contributed by atoms with Crippen molar-refractivity contribution in [2.45, 2.75) is 32.8 Å². The summed E-state index contributed by atoms with van der Waals surface area (Å²) in [6.45, 7) is 6.12. The normalized spacial score (nSPS) is 11.9. The largest absolute Gasteiger partial charge is 0.489 e. The minimum absolute atomic E-state index is 0.142. The molecule has 0 unspecified atom stereocenters. The summed E-state index contributed by atoms with van der Waals surface area (Å²) in [6, 6.07) is 19.2. The van der Waals surface area contributed by atoms with Crippen LogP contribution in [0.15, 0.2) is 81.1 Å². The van der Waals surface area contributed by atoms with Crippen molar-refractivity contribution >= 4 is 33.0 Å². The number of halogens is 2. The lowest BCUT2D eigenvalue weighted by molar-refractivity contribution is 0.300.